The van der Waals surface area contributed by atoms with Crippen molar-refractivity contribution >= 4 is 107 Å². The summed E-state index contributed by atoms with van der Waals surface area (Å²) in [4.78, 5) is 93.3. The molecule has 3 saturated heterocycles. The molecule has 0 radical (unpaired) electrons. The molecule has 29 nitrogen and oxygen atoms in total. The highest BCUT2D eigenvalue weighted by atomic mass is 35.5. The number of anilines is 4. The number of ether oxygens (including phenoxy) is 2. The maximum absolute atomic E-state index is 13.3. The van der Waals surface area contributed by atoms with Gasteiger partial charge < -0.3 is 45.2 Å². The fraction of sp³-hybridized carbons (Fsp3) is 0.573. The number of carboxylic acids is 1. The van der Waals surface area contributed by atoms with Crippen LogP contribution in [0.2, 0.25) is 10.3 Å². The molecule has 3 atom stereocenters. The molecule has 4 bridgehead atoms. The lowest BCUT2D eigenvalue weighted by molar-refractivity contribution is 0.0118. The van der Waals surface area contributed by atoms with E-state index in [-0.39, 0.29) is 87.1 Å². The number of nitrogens with two attached hydrogens (primary N) is 1. The van der Waals surface area contributed by atoms with Crippen molar-refractivity contribution in [2.24, 2.45) is 22.9 Å². The number of sulfonamides is 3. The van der Waals surface area contributed by atoms with Crippen molar-refractivity contribution in [3.05, 3.63) is 135 Å². The van der Waals surface area contributed by atoms with E-state index in [1.807, 2.05) is 104 Å². The molecular weight excluding hydrogens is 1590 g/mol. The summed E-state index contributed by atoms with van der Waals surface area (Å²) in [7, 11) is -12.2. The SMILES string of the molecule is CC(C)(C)OC(=O)N1C[C@@H](CCCNc2cccc(S(=O)(=O)NC(=O)c3ccc(C(C)(C)C)nc3Cl)n2)CC1(C)C.CC(C)(C)OC(=O)N1C[C@@H](CCCNc2cccc(S(N)(=O)=O)n2)CC1(C)C.CC(C)(C)c1ccc(C(=O)O)c(Cl)n1.CC(C)(C)c1ccc2c(n1)N1C[C@@H](CCCNc3cccc(n3)S(=O)(=O)NC2=O)CC1(C)C. The third kappa shape index (κ3) is 27.0. The number of carbonyl (C=O) groups is 5. The minimum atomic E-state index is -4.26. The van der Waals surface area contributed by atoms with Crippen LogP contribution in [0.1, 0.15) is 251 Å². The number of hydrogen-bond donors (Lipinski definition) is 7. The largest absolute Gasteiger partial charge is 0.478 e. The first-order valence-corrected chi connectivity index (χ1v) is 44.2. The molecule has 6 aromatic rings. The molecule has 34 heteroatoms. The predicted octanol–water partition coefficient (Wildman–Crippen LogP) is 15.2. The van der Waals surface area contributed by atoms with Gasteiger partial charge in [-0.25, -0.2) is 67.3 Å². The number of aromatic carboxylic acids is 1. The molecule has 6 aromatic heterocycles. The van der Waals surface area contributed by atoms with Crippen molar-refractivity contribution < 1.29 is 63.8 Å². The summed E-state index contributed by atoms with van der Waals surface area (Å²) in [6, 6.07) is 23.7. The third-order valence-corrected chi connectivity index (χ3v) is 23.6. The molecule has 0 unspecified atom stereocenters. The highest BCUT2D eigenvalue weighted by Crippen LogP contribution is 2.42. The zero-order chi connectivity index (χ0) is 86.9. The number of hydrogen-bond acceptors (Lipinski definition) is 23. The summed E-state index contributed by atoms with van der Waals surface area (Å²) in [6.07, 6.45) is 7.68. The van der Waals surface area contributed by atoms with Crippen LogP contribution in [-0.2, 0) is 55.8 Å². The smallest absolute Gasteiger partial charge is 0.410 e. The highest BCUT2D eigenvalue weighted by molar-refractivity contribution is 7.90. The Morgan fingerprint density at radius 1 is 0.586 bits per heavy atom. The number of fused-ring (bicyclic) bond motifs is 6. The van der Waals surface area contributed by atoms with Gasteiger partial charge in [0.25, 0.3) is 41.9 Å². The van der Waals surface area contributed by atoms with Crippen LogP contribution < -0.4 is 35.4 Å². The van der Waals surface area contributed by atoms with E-state index in [0.717, 1.165) is 75.7 Å². The Labute approximate surface area is 695 Å². The van der Waals surface area contributed by atoms with Crippen LogP contribution in [0.3, 0.4) is 0 Å². The Balaban J connectivity index is 0.000000225. The molecule has 0 aromatic carbocycles. The summed E-state index contributed by atoms with van der Waals surface area (Å²) < 4.78 is 89.9. The summed E-state index contributed by atoms with van der Waals surface area (Å²) in [5.74, 6) is 0.401. The first-order chi connectivity index (χ1) is 53.2. The fourth-order valence-corrected chi connectivity index (χ4v) is 16.8. The number of aromatic nitrogens is 6. The monoisotopic (exact) mass is 1700 g/mol. The molecule has 10 heterocycles. The van der Waals surface area contributed by atoms with Crippen LogP contribution in [-0.4, -0.2) is 167 Å². The normalized spacial score (nSPS) is 18.6. The molecule has 4 aliphatic heterocycles. The molecule has 4 aliphatic rings. The van der Waals surface area contributed by atoms with Gasteiger partial charge in [0.15, 0.2) is 15.1 Å². The van der Waals surface area contributed by atoms with Crippen molar-refractivity contribution in [2.75, 3.05) is 60.1 Å². The number of amides is 4. The van der Waals surface area contributed by atoms with Gasteiger partial charge in [-0.3, -0.25) is 9.59 Å². The van der Waals surface area contributed by atoms with E-state index in [9.17, 15) is 49.2 Å². The van der Waals surface area contributed by atoms with Crippen molar-refractivity contribution in [2.45, 2.75) is 262 Å². The van der Waals surface area contributed by atoms with Gasteiger partial charge in [0.2, 0.25) is 0 Å². The molecule has 0 aliphatic carbocycles. The van der Waals surface area contributed by atoms with Crippen molar-refractivity contribution in [1.29, 1.82) is 0 Å². The lowest BCUT2D eigenvalue weighted by Crippen LogP contribution is -2.45. The molecule has 0 saturated carbocycles. The van der Waals surface area contributed by atoms with Crippen molar-refractivity contribution in [3.63, 3.8) is 0 Å². The Hall–Kier alpha value is -8.56. The second kappa shape index (κ2) is 37.2. The minimum Gasteiger partial charge on any atom is -0.478 e. The van der Waals surface area contributed by atoms with E-state index in [0.29, 0.717) is 79.4 Å². The first-order valence-electron chi connectivity index (χ1n) is 38.9. The average molecular weight is 1710 g/mol. The number of primary sulfonamides is 1. The summed E-state index contributed by atoms with van der Waals surface area (Å²) in [6.45, 7) is 45.8. The highest BCUT2D eigenvalue weighted by Gasteiger charge is 2.45. The number of nitrogens with zero attached hydrogens (tertiary/aromatic N) is 9. The molecular formula is C82H119Cl2N15O14S3. The van der Waals surface area contributed by atoms with Gasteiger partial charge in [0.1, 0.15) is 44.8 Å². The Kier molecular flexibility index (Phi) is 30.3. The Morgan fingerprint density at radius 2 is 1.04 bits per heavy atom. The summed E-state index contributed by atoms with van der Waals surface area (Å²) >= 11 is 11.9. The van der Waals surface area contributed by atoms with Crippen LogP contribution in [0.25, 0.3) is 0 Å². The van der Waals surface area contributed by atoms with E-state index < -0.39 is 59.1 Å². The van der Waals surface area contributed by atoms with Gasteiger partial charge in [0.05, 0.1) is 16.7 Å². The number of rotatable bonds is 15. The standard InChI is InChI=1S/C29H42ClN5O5S.C24H33N5O3S.C19H32N4O4S.C10H12ClNO2/c1-27(2,3)21-15-14-20(24(30)32-21)25(36)34-41(38,39)23-13-9-12-22(33-23)31-16-10-11-19-17-29(7,8)35(18-19)26(37)40-28(4,5)6;1-23(2,3)18-12-11-17-21(26-18)29-15-16(14-24(29,4)5)8-7-13-25-19-9-6-10-20(27-19)33(31,32)28-22(17)30;1-18(2,3)27-17(24)23-13-14(12-19(23,4)5)8-7-11-21-15-9-6-10-16(22-15)28(20,25)26;1-10(2,3)7-5-4-6(9(13)14)8(11)12-7/h9,12-15,19H,10-11,16-18H2,1-8H3,(H,31,33)(H,34,36);6,9-12,16H,7-8,13-15H2,1-5H3,(H,25,27)(H,28,30);6,9-10,14H,7-8,11-13H2,1-5H3,(H,21,22)(H2,20,25,26);4-5H,1-3H3,(H,13,14)/t19-;16-;14-;/m000./s1. The molecule has 8 N–H and O–H groups in total. The molecule has 116 heavy (non-hydrogen) atoms. The van der Waals surface area contributed by atoms with E-state index in [1.54, 1.807) is 54.6 Å². The zero-order valence-electron chi connectivity index (χ0n) is 70.8. The summed E-state index contributed by atoms with van der Waals surface area (Å²) in [5.41, 5.74) is 0.170. The van der Waals surface area contributed by atoms with Crippen LogP contribution in [0.5, 0.6) is 0 Å². The molecule has 4 amide bonds. The van der Waals surface area contributed by atoms with Gasteiger partial charge in [0, 0.05) is 89.2 Å². The van der Waals surface area contributed by atoms with Gasteiger partial charge in [-0.2, -0.15) is 16.8 Å². The topological polar surface area (TPSA) is 400 Å². The van der Waals surface area contributed by atoms with Crippen LogP contribution in [0.4, 0.5) is 32.9 Å². The number of pyridine rings is 6. The van der Waals surface area contributed by atoms with Gasteiger partial charge >= 0.3 is 18.2 Å². The average Bonchev–Trinajstić information content (AvgIpc) is 1.54. The maximum Gasteiger partial charge on any atom is 0.410 e. The molecule has 10 rings (SSSR count). The number of carboxylic acid groups (broad SMARTS) is 1. The van der Waals surface area contributed by atoms with Gasteiger partial charge in [-0.15, -0.1) is 0 Å². The van der Waals surface area contributed by atoms with E-state index in [2.05, 4.69) is 113 Å². The molecule has 638 valence electrons. The quantitative estimate of drug-likeness (QED) is 0.0371. The second-order valence-electron chi connectivity index (χ2n) is 36.8. The summed E-state index contributed by atoms with van der Waals surface area (Å²) in [5, 5.41) is 22.7. The van der Waals surface area contributed by atoms with Gasteiger partial charge in [-0.05, 0) is 231 Å². The zero-order valence-corrected chi connectivity index (χ0v) is 74.8. The Morgan fingerprint density at radius 3 is 1.51 bits per heavy atom. The lowest BCUT2D eigenvalue weighted by Gasteiger charge is -2.34. The van der Waals surface area contributed by atoms with Crippen LogP contribution in [0, 0.1) is 17.8 Å². The second-order valence-corrected chi connectivity index (χ2v) is 42.3. The van der Waals surface area contributed by atoms with Gasteiger partial charge in [-0.1, -0.05) is 104 Å². The number of carbonyl (C=O) groups excluding carboxylic acids is 4. The molecule has 0 spiro atoms. The third-order valence-electron chi connectivity index (χ3n) is 19.7. The number of likely N-dealkylation sites (tertiary alicyclic amines) is 2. The maximum atomic E-state index is 13.3. The fourth-order valence-electron chi connectivity index (χ4n) is 13.9. The van der Waals surface area contributed by atoms with E-state index in [4.69, 9.17) is 47.9 Å². The van der Waals surface area contributed by atoms with Crippen molar-refractivity contribution in [1.82, 2.24) is 49.1 Å². The van der Waals surface area contributed by atoms with E-state index in [1.165, 1.54) is 30.3 Å². The first kappa shape index (κ1) is 94.6. The van der Waals surface area contributed by atoms with Crippen LogP contribution in [0.15, 0.2) is 106 Å². The number of halogens is 2. The minimum absolute atomic E-state index is 0.0414. The number of nitrogens with one attached hydrogen (secondary N) is 5. The molecule has 3 fully saturated rings. The lowest BCUT2D eigenvalue weighted by atomic mass is 9.91. The van der Waals surface area contributed by atoms with E-state index >= 15 is 0 Å². The Bertz CT molecular complexity index is 4880. The van der Waals surface area contributed by atoms with Crippen LogP contribution >= 0.6 is 23.2 Å². The van der Waals surface area contributed by atoms with Crippen molar-refractivity contribution in [3.8, 4) is 0 Å². The predicted molar refractivity (Wildman–Crippen MR) is 452 cm³/mol.